The van der Waals surface area contributed by atoms with Crippen LogP contribution in [0.1, 0.15) is 43.7 Å². The summed E-state index contributed by atoms with van der Waals surface area (Å²) in [5.41, 5.74) is 1.90. The van der Waals surface area contributed by atoms with E-state index >= 15 is 0 Å². The van der Waals surface area contributed by atoms with Crippen LogP contribution in [-0.4, -0.2) is 25.1 Å². The number of hydrogen-bond donors (Lipinski definition) is 2. The Morgan fingerprint density at radius 3 is 2.76 bits per heavy atom. The summed E-state index contributed by atoms with van der Waals surface area (Å²) in [4.78, 5) is 12.6. The van der Waals surface area contributed by atoms with Crippen molar-refractivity contribution < 1.29 is 9.53 Å². The fourth-order valence-electron chi connectivity index (χ4n) is 3.12. The van der Waals surface area contributed by atoms with E-state index in [1.54, 1.807) is 7.11 Å². The summed E-state index contributed by atoms with van der Waals surface area (Å²) in [5, 5.41) is 6.52. The first-order valence-corrected chi connectivity index (χ1v) is 7.81. The Balaban J connectivity index is 2.00. The van der Waals surface area contributed by atoms with E-state index in [1.807, 2.05) is 24.3 Å². The summed E-state index contributed by atoms with van der Waals surface area (Å²) in [6.45, 7) is 4.20. The molecule has 0 radical (unpaired) electrons. The average Bonchev–Trinajstić information content (AvgIpc) is 2.97. The molecule has 4 heteroatoms. The summed E-state index contributed by atoms with van der Waals surface area (Å²) < 4.78 is 5.21. The highest BCUT2D eigenvalue weighted by Gasteiger charge is 2.39. The number of rotatable bonds is 7. The lowest BCUT2D eigenvalue weighted by atomic mass is 9.90. The number of carbonyl (C=O) groups excluding carboxylic acids is 1. The molecule has 1 aromatic carbocycles. The fourth-order valence-corrected chi connectivity index (χ4v) is 3.12. The zero-order valence-electron chi connectivity index (χ0n) is 13.1. The van der Waals surface area contributed by atoms with Crippen LogP contribution in [-0.2, 0) is 22.7 Å². The Kier molecular flexibility index (Phi) is 5.76. The van der Waals surface area contributed by atoms with Crippen LogP contribution in [0.2, 0.25) is 0 Å². The van der Waals surface area contributed by atoms with Crippen molar-refractivity contribution in [3.05, 3.63) is 35.4 Å². The second-order valence-electron chi connectivity index (χ2n) is 5.75. The predicted octanol–water partition coefficient (Wildman–Crippen LogP) is 2.37. The average molecular weight is 290 g/mol. The van der Waals surface area contributed by atoms with Crippen molar-refractivity contribution in [2.75, 3.05) is 13.7 Å². The molecular formula is C17H26N2O2. The van der Waals surface area contributed by atoms with Gasteiger partial charge in [0, 0.05) is 13.7 Å². The number of hydrogen-bond acceptors (Lipinski definition) is 3. The zero-order valence-corrected chi connectivity index (χ0v) is 13.1. The molecule has 1 aliphatic rings. The molecule has 1 heterocycles. The van der Waals surface area contributed by atoms with E-state index in [-0.39, 0.29) is 11.4 Å². The summed E-state index contributed by atoms with van der Waals surface area (Å²) in [6.07, 6.45) is 3.93. The van der Waals surface area contributed by atoms with Crippen LogP contribution in [0.3, 0.4) is 0 Å². The Labute approximate surface area is 127 Å². The van der Waals surface area contributed by atoms with E-state index in [0.717, 1.165) is 43.4 Å². The van der Waals surface area contributed by atoms with Gasteiger partial charge >= 0.3 is 0 Å². The number of amides is 1. The molecule has 1 aliphatic heterocycles. The fraction of sp³-hybridized carbons (Fsp3) is 0.588. The van der Waals surface area contributed by atoms with E-state index in [9.17, 15) is 4.79 Å². The van der Waals surface area contributed by atoms with Crippen molar-refractivity contribution in [2.45, 2.75) is 51.3 Å². The number of ether oxygens (including phenoxy) is 1. The highest BCUT2D eigenvalue weighted by atomic mass is 16.5. The van der Waals surface area contributed by atoms with E-state index in [0.29, 0.717) is 13.2 Å². The second kappa shape index (κ2) is 7.57. The summed E-state index contributed by atoms with van der Waals surface area (Å²) in [5.74, 6) is 0.133. The highest BCUT2D eigenvalue weighted by Crippen LogP contribution is 2.25. The quantitative estimate of drug-likeness (QED) is 0.810. The van der Waals surface area contributed by atoms with E-state index < -0.39 is 0 Å². The molecule has 1 aromatic rings. The largest absolute Gasteiger partial charge is 0.380 e. The SMILES string of the molecule is CCCC1(C(=O)NCc2ccccc2COC)CCCN1. The molecule has 1 fully saturated rings. The van der Waals surface area contributed by atoms with Crippen LogP contribution in [0.5, 0.6) is 0 Å². The van der Waals surface area contributed by atoms with Gasteiger partial charge in [-0.15, -0.1) is 0 Å². The van der Waals surface area contributed by atoms with Crippen LogP contribution in [0.4, 0.5) is 0 Å². The Bertz CT molecular complexity index is 468. The zero-order chi connectivity index (χ0) is 15.1. The van der Waals surface area contributed by atoms with Crippen molar-refractivity contribution in [3.63, 3.8) is 0 Å². The minimum atomic E-state index is -0.356. The standard InChI is InChI=1S/C17H26N2O2/c1-3-9-17(10-6-11-19-17)16(20)18-12-14-7-4-5-8-15(14)13-21-2/h4-5,7-8,19H,3,6,9-13H2,1-2H3,(H,18,20). The number of methoxy groups -OCH3 is 1. The van der Waals surface area contributed by atoms with Crippen molar-refractivity contribution in [2.24, 2.45) is 0 Å². The van der Waals surface area contributed by atoms with Crippen LogP contribution in [0, 0.1) is 0 Å². The predicted molar refractivity (Wildman–Crippen MR) is 83.9 cm³/mol. The molecule has 2 N–H and O–H groups in total. The molecule has 4 nitrogen and oxygen atoms in total. The lowest BCUT2D eigenvalue weighted by molar-refractivity contribution is -0.127. The third-order valence-corrected chi connectivity index (χ3v) is 4.21. The molecule has 2 rings (SSSR count). The summed E-state index contributed by atoms with van der Waals surface area (Å²) in [6, 6.07) is 8.08. The minimum absolute atomic E-state index is 0.133. The number of carbonyl (C=O) groups is 1. The molecule has 0 spiro atoms. The molecule has 0 aliphatic carbocycles. The maximum absolute atomic E-state index is 12.6. The van der Waals surface area contributed by atoms with Gasteiger partial charge in [-0.05, 0) is 36.9 Å². The van der Waals surface area contributed by atoms with E-state index in [1.165, 1.54) is 0 Å². The van der Waals surface area contributed by atoms with Crippen molar-refractivity contribution >= 4 is 5.91 Å². The smallest absolute Gasteiger partial charge is 0.240 e. The normalized spacial score (nSPS) is 21.4. The molecule has 1 amide bonds. The van der Waals surface area contributed by atoms with Crippen molar-refractivity contribution in [3.8, 4) is 0 Å². The molecular weight excluding hydrogens is 264 g/mol. The molecule has 0 bridgehead atoms. The maximum atomic E-state index is 12.6. The van der Waals surface area contributed by atoms with Gasteiger partial charge in [0.05, 0.1) is 12.1 Å². The molecule has 116 valence electrons. The van der Waals surface area contributed by atoms with Crippen LogP contribution < -0.4 is 10.6 Å². The van der Waals surface area contributed by atoms with Crippen LogP contribution in [0.15, 0.2) is 24.3 Å². The topological polar surface area (TPSA) is 50.4 Å². The lowest BCUT2D eigenvalue weighted by Gasteiger charge is -2.28. The molecule has 0 aromatic heterocycles. The summed E-state index contributed by atoms with van der Waals surface area (Å²) >= 11 is 0. The Hall–Kier alpha value is -1.39. The number of benzene rings is 1. The van der Waals surface area contributed by atoms with E-state index in [2.05, 4.69) is 17.6 Å². The van der Waals surface area contributed by atoms with Gasteiger partial charge in [0.15, 0.2) is 0 Å². The van der Waals surface area contributed by atoms with Gasteiger partial charge in [-0.1, -0.05) is 37.6 Å². The molecule has 1 atom stereocenters. The molecule has 21 heavy (non-hydrogen) atoms. The van der Waals surface area contributed by atoms with Gasteiger partial charge in [0.1, 0.15) is 0 Å². The third kappa shape index (κ3) is 3.83. The molecule has 1 unspecified atom stereocenters. The molecule has 0 saturated carbocycles. The lowest BCUT2D eigenvalue weighted by Crippen LogP contribution is -2.53. The van der Waals surface area contributed by atoms with Gasteiger partial charge in [-0.25, -0.2) is 0 Å². The minimum Gasteiger partial charge on any atom is -0.380 e. The van der Waals surface area contributed by atoms with E-state index in [4.69, 9.17) is 4.74 Å². The second-order valence-corrected chi connectivity index (χ2v) is 5.75. The highest BCUT2D eigenvalue weighted by molar-refractivity contribution is 5.86. The first-order chi connectivity index (χ1) is 10.2. The monoisotopic (exact) mass is 290 g/mol. The maximum Gasteiger partial charge on any atom is 0.240 e. The van der Waals surface area contributed by atoms with Crippen LogP contribution in [0.25, 0.3) is 0 Å². The Morgan fingerprint density at radius 1 is 1.38 bits per heavy atom. The van der Waals surface area contributed by atoms with Gasteiger partial charge in [-0.2, -0.15) is 0 Å². The number of nitrogens with one attached hydrogen (secondary N) is 2. The molecule has 1 saturated heterocycles. The van der Waals surface area contributed by atoms with Crippen molar-refractivity contribution in [1.82, 2.24) is 10.6 Å². The van der Waals surface area contributed by atoms with Gasteiger partial charge < -0.3 is 15.4 Å². The van der Waals surface area contributed by atoms with Gasteiger partial charge in [0.2, 0.25) is 5.91 Å². The van der Waals surface area contributed by atoms with Crippen molar-refractivity contribution in [1.29, 1.82) is 0 Å². The van der Waals surface area contributed by atoms with Gasteiger partial charge in [0.25, 0.3) is 0 Å². The first kappa shape index (κ1) is 16.0. The third-order valence-electron chi connectivity index (χ3n) is 4.21. The first-order valence-electron chi connectivity index (χ1n) is 7.81. The Morgan fingerprint density at radius 2 is 2.14 bits per heavy atom. The van der Waals surface area contributed by atoms with Crippen LogP contribution >= 0.6 is 0 Å². The summed E-state index contributed by atoms with van der Waals surface area (Å²) in [7, 11) is 1.69. The van der Waals surface area contributed by atoms with Gasteiger partial charge in [-0.3, -0.25) is 4.79 Å².